The van der Waals surface area contributed by atoms with E-state index in [9.17, 15) is 18.0 Å². The van der Waals surface area contributed by atoms with E-state index in [1.807, 2.05) is 48.5 Å². The molecule has 0 aromatic heterocycles. The normalized spacial score (nSPS) is 19.0. The lowest BCUT2D eigenvalue weighted by Crippen LogP contribution is -2.63. The highest BCUT2D eigenvalue weighted by Gasteiger charge is 2.71. The molecule has 0 radical (unpaired) electrons. The molecule has 1 heterocycles. The smallest absolute Gasteiger partial charge is 0.342 e. The second-order valence-electron chi connectivity index (χ2n) is 13.5. The summed E-state index contributed by atoms with van der Waals surface area (Å²) in [6.07, 6.45) is -2.79. The molecule has 44 heavy (non-hydrogen) atoms. The highest BCUT2D eigenvalue weighted by Crippen LogP contribution is 2.53. The first-order chi connectivity index (χ1) is 20.5. The Labute approximate surface area is 268 Å². The summed E-state index contributed by atoms with van der Waals surface area (Å²) in [4.78, 5) is 29.2. The van der Waals surface area contributed by atoms with Gasteiger partial charge in [-0.3, -0.25) is 0 Å². The van der Waals surface area contributed by atoms with Crippen LogP contribution in [0.25, 0.3) is 0 Å². The van der Waals surface area contributed by atoms with E-state index in [2.05, 4.69) is 15.9 Å². The fraction of sp³-hybridized carbons (Fsp3) is 0.412. The van der Waals surface area contributed by atoms with E-state index in [4.69, 9.17) is 14.2 Å². The lowest BCUT2D eigenvalue weighted by atomic mass is 9.87. The first kappa shape index (κ1) is 33.8. The third-order valence-corrected chi connectivity index (χ3v) is 9.33. The summed E-state index contributed by atoms with van der Waals surface area (Å²) >= 11 is 3.43. The fourth-order valence-corrected chi connectivity index (χ4v) is 6.79. The number of hydrogen-bond acceptors (Lipinski definition) is 7. The van der Waals surface area contributed by atoms with Crippen molar-refractivity contribution in [3.8, 4) is 0 Å². The van der Waals surface area contributed by atoms with Gasteiger partial charge in [-0.15, -0.1) is 4.31 Å². The molecule has 3 aromatic carbocycles. The average Bonchev–Trinajstić information content (AvgIpc) is 3.33. The predicted molar refractivity (Wildman–Crippen MR) is 171 cm³/mol. The first-order valence-electron chi connectivity index (χ1n) is 14.4. The zero-order valence-electron chi connectivity index (χ0n) is 26.2. The van der Waals surface area contributed by atoms with E-state index in [1.54, 1.807) is 66.7 Å². The van der Waals surface area contributed by atoms with Gasteiger partial charge in [-0.1, -0.05) is 118 Å². The number of benzene rings is 3. The highest BCUT2D eigenvalue weighted by molar-refractivity contribution is 9.10. The first-order valence-corrected chi connectivity index (χ1v) is 16.6. The van der Waals surface area contributed by atoms with Gasteiger partial charge in [-0.05, 0) is 53.1 Å². The molecule has 0 spiro atoms. The van der Waals surface area contributed by atoms with Gasteiger partial charge in [0.15, 0.2) is 6.23 Å². The minimum absolute atomic E-state index is 0.0817. The summed E-state index contributed by atoms with van der Waals surface area (Å²) in [5, 5.41) is 0. The van der Waals surface area contributed by atoms with Gasteiger partial charge in [0.2, 0.25) is 10.0 Å². The summed E-state index contributed by atoms with van der Waals surface area (Å²) in [6.45, 7) is 12.9. The standard InChI is InChI=1S/C34H40BrNO7S/c1-23-13-19-27(20-14-23)44(39,40)36-29(25-11-9-8-10-12-25)43-28(24-15-17-26(35)18-16-24)34(36,30(37)41-21-32(2,3)4)31(38)42-22-33(5,6)7/h8-20,28-29H,21-22H2,1-7H3/t28-,29+/m1/s1. The summed E-state index contributed by atoms with van der Waals surface area (Å²) < 4.78 is 49.5. The number of halogens is 1. The van der Waals surface area contributed by atoms with Gasteiger partial charge in [0.05, 0.1) is 18.1 Å². The second-order valence-corrected chi connectivity index (χ2v) is 16.2. The molecular formula is C34H40BrNO7S. The number of sulfonamides is 1. The van der Waals surface area contributed by atoms with E-state index < -0.39 is 50.7 Å². The molecule has 0 saturated carbocycles. The van der Waals surface area contributed by atoms with E-state index in [0.717, 1.165) is 14.3 Å². The zero-order valence-corrected chi connectivity index (χ0v) is 28.6. The van der Waals surface area contributed by atoms with Crippen LogP contribution in [0.4, 0.5) is 0 Å². The quantitative estimate of drug-likeness (QED) is 0.184. The maximum Gasteiger partial charge on any atom is 0.342 e. The van der Waals surface area contributed by atoms with Crippen LogP contribution in [0.15, 0.2) is 88.2 Å². The van der Waals surface area contributed by atoms with E-state index >= 15 is 0 Å². The van der Waals surface area contributed by atoms with Crippen molar-refractivity contribution in [3.05, 3.63) is 100 Å². The van der Waals surface area contributed by atoms with Gasteiger partial charge < -0.3 is 14.2 Å². The lowest BCUT2D eigenvalue weighted by Gasteiger charge is -2.37. The van der Waals surface area contributed by atoms with Crippen LogP contribution in [0.3, 0.4) is 0 Å². The molecule has 1 aliphatic rings. The van der Waals surface area contributed by atoms with Crippen molar-refractivity contribution in [1.29, 1.82) is 0 Å². The van der Waals surface area contributed by atoms with Crippen LogP contribution >= 0.6 is 15.9 Å². The number of carbonyl (C=O) groups is 2. The molecule has 0 N–H and O–H groups in total. The third kappa shape index (κ3) is 7.09. The molecule has 0 unspecified atom stereocenters. The SMILES string of the molecule is Cc1ccc(S(=O)(=O)N2[C@H](c3ccccc3)O[C@H](c3ccc(Br)cc3)C2(C(=O)OCC(C)(C)C)C(=O)OCC(C)(C)C)cc1. The van der Waals surface area contributed by atoms with Crippen molar-refractivity contribution in [3.63, 3.8) is 0 Å². The highest BCUT2D eigenvalue weighted by atomic mass is 79.9. The Balaban J connectivity index is 2.07. The number of hydrogen-bond donors (Lipinski definition) is 0. The fourth-order valence-electron chi connectivity index (χ4n) is 4.77. The number of rotatable bonds is 8. The number of carbonyl (C=O) groups excluding carboxylic acids is 2. The Hall–Kier alpha value is -3.05. The molecule has 1 fully saturated rings. The van der Waals surface area contributed by atoms with Crippen molar-refractivity contribution >= 4 is 37.9 Å². The molecular weight excluding hydrogens is 646 g/mol. The molecule has 236 valence electrons. The Morgan fingerprint density at radius 1 is 0.795 bits per heavy atom. The number of ether oxygens (including phenoxy) is 3. The van der Waals surface area contributed by atoms with Crippen molar-refractivity contribution < 1.29 is 32.2 Å². The molecule has 0 amide bonds. The Morgan fingerprint density at radius 3 is 1.77 bits per heavy atom. The van der Waals surface area contributed by atoms with Gasteiger partial charge in [-0.2, -0.15) is 0 Å². The minimum Gasteiger partial charge on any atom is -0.463 e. The van der Waals surface area contributed by atoms with E-state index in [0.29, 0.717) is 11.1 Å². The number of esters is 2. The van der Waals surface area contributed by atoms with Crippen LogP contribution in [-0.4, -0.2) is 43.4 Å². The lowest BCUT2D eigenvalue weighted by molar-refractivity contribution is -0.176. The summed E-state index contributed by atoms with van der Waals surface area (Å²) in [7, 11) is -4.61. The van der Waals surface area contributed by atoms with Crippen LogP contribution in [0.5, 0.6) is 0 Å². The molecule has 0 bridgehead atoms. The monoisotopic (exact) mass is 685 g/mol. The van der Waals surface area contributed by atoms with Crippen LogP contribution < -0.4 is 0 Å². The maximum atomic E-state index is 14.8. The Morgan fingerprint density at radius 2 is 1.30 bits per heavy atom. The third-order valence-electron chi connectivity index (χ3n) is 6.94. The summed E-state index contributed by atoms with van der Waals surface area (Å²) in [6, 6.07) is 21.7. The summed E-state index contributed by atoms with van der Waals surface area (Å²) in [5.41, 5.74) is -1.88. The van der Waals surface area contributed by atoms with E-state index in [1.165, 1.54) is 12.1 Å². The van der Waals surface area contributed by atoms with Gasteiger partial charge in [-0.25, -0.2) is 18.0 Å². The minimum atomic E-state index is -4.61. The molecule has 4 rings (SSSR count). The Bertz CT molecular complexity index is 1550. The molecule has 8 nitrogen and oxygen atoms in total. The van der Waals surface area contributed by atoms with Crippen molar-refractivity contribution in [2.45, 2.75) is 71.2 Å². The van der Waals surface area contributed by atoms with Crippen LogP contribution in [0.1, 0.15) is 70.6 Å². The molecule has 1 aliphatic heterocycles. The predicted octanol–water partition coefficient (Wildman–Crippen LogP) is 7.14. The van der Waals surface area contributed by atoms with Gasteiger partial charge in [0.25, 0.3) is 5.54 Å². The maximum absolute atomic E-state index is 14.8. The second kappa shape index (κ2) is 12.7. The van der Waals surface area contributed by atoms with Crippen LogP contribution in [0, 0.1) is 17.8 Å². The number of aryl methyl sites for hydroxylation is 1. The molecule has 10 heteroatoms. The topological polar surface area (TPSA) is 99.2 Å². The average molecular weight is 687 g/mol. The van der Waals surface area contributed by atoms with Crippen molar-refractivity contribution in [1.82, 2.24) is 4.31 Å². The summed E-state index contributed by atoms with van der Waals surface area (Å²) in [5.74, 6) is -2.15. The largest absolute Gasteiger partial charge is 0.463 e. The van der Waals surface area contributed by atoms with E-state index in [-0.39, 0.29) is 18.1 Å². The molecule has 0 aliphatic carbocycles. The van der Waals surface area contributed by atoms with Crippen LogP contribution in [-0.2, 0) is 33.8 Å². The molecule has 1 saturated heterocycles. The molecule has 2 atom stereocenters. The zero-order chi connectivity index (χ0) is 32.5. The molecule has 3 aromatic rings. The van der Waals surface area contributed by atoms with Gasteiger partial charge >= 0.3 is 11.9 Å². The van der Waals surface area contributed by atoms with Crippen molar-refractivity contribution in [2.24, 2.45) is 10.8 Å². The van der Waals surface area contributed by atoms with Gasteiger partial charge in [0.1, 0.15) is 6.10 Å². The van der Waals surface area contributed by atoms with Gasteiger partial charge in [0, 0.05) is 4.47 Å². The number of nitrogens with zero attached hydrogens (tertiary/aromatic N) is 1. The van der Waals surface area contributed by atoms with Crippen molar-refractivity contribution in [2.75, 3.05) is 13.2 Å². The van der Waals surface area contributed by atoms with Crippen LogP contribution in [0.2, 0.25) is 0 Å². The Kier molecular flexibility index (Phi) is 9.80.